The number of carbonyl (C=O) groups is 1. The van der Waals surface area contributed by atoms with Gasteiger partial charge in [-0.05, 0) is 32.5 Å². The number of ether oxygens (including phenoxy) is 1. The van der Waals surface area contributed by atoms with Crippen LogP contribution in [0.1, 0.15) is 13.3 Å². The van der Waals surface area contributed by atoms with Crippen LogP contribution in [0, 0.1) is 0 Å². The fourth-order valence-electron chi connectivity index (χ4n) is 1.89. The van der Waals surface area contributed by atoms with Crippen molar-refractivity contribution in [2.24, 2.45) is 0 Å². The van der Waals surface area contributed by atoms with Crippen molar-refractivity contribution < 1.29 is 9.53 Å². The Morgan fingerprint density at radius 3 is 3.00 bits per heavy atom. The number of nitrogens with zero attached hydrogens (tertiary/aromatic N) is 1. The number of aromatic nitrogens is 2. The van der Waals surface area contributed by atoms with Gasteiger partial charge in [-0.1, -0.05) is 23.9 Å². The summed E-state index contributed by atoms with van der Waals surface area (Å²) in [5, 5.41) is 3.86. The number of H-pyrrole nitrogens is 1. The highest BCUT2D eigenvalue weighted by Crippen LogP contribution is 2.20. The minimum Gasteiger partial charge on any atom is -0.465 e. The summed E-state index contributed by atoms with van der Waals surface area (Å²) in [7, 11) is 1.77. The smallest absolute Gasteiger partial charge is 0.323 e. The normalized spacial score (nSPS) is 12.5. The number of rotatable bonds is 7. The molecule has 0 amide bonds. The molecule has 0 aliphatic heterocycles. The summed E-state index contributed by atoms with van der Waals surface area (Å²) >= 11 is 1.61. The summed E-state index contributed by atoms with van der Waals surface area (Å²) in [6, 6.07) is 7.67. The molecule has 2 rings (SSSR count). The van der Waals surface area contributed by atoms with E-state index in [1.165, 1.54) is 0 Å². The van der Waals surface area contributed by atoms with Crippen molar-refractivity contribution in [2.45, 2.75) is 24.5 Å². The highest BCUT2D eigenvalue weighted by atomic mass is 32.2. The topological polar surface area (TPSA) is 67.0 Å². The minimum atomic E-state index is -0.258. The molecular weight excluding hydrogens is 274 g/mol. The number of likely N-dealkylation sites (N-methyl/N-ethyl adjacent to an activating group) is 1. The number of fused-ring (bicyclic) bond motifs is 1. The Labute approximate surface area is 122 Å². The van der Waals surface area contributed by atoms with Gasteiger partial charge in [-0.15, -0.1) is 0 Å². The summed E-state index contributed by atoms with van der Waals surface area (Å²) in [5.74, 6) is 0.602. The standard InChI is InChI=1S/C14H19N3O2S/c1-3-19-13(18)12(15-2)8-9-20-14-16-10-6-4-5-7-11(10)17-14/h4-7,12,15H,3,8-9H2,1-2H3,(H,16,17). The maximum atomic E-state index is 11.6. The summed E-state index contributed by atoms with van der Waals surface area (Å²) in [4.78, 5) is 19.4. The van der Waals surface area contributed by atoms with E-state index in [9.17, 15) is 4.79 Å². The van der Waals surface area contributed by atoms with Crippen molar-refractivity contribution in [2.75, 3.05) is 19.4 Å². The van der Waals surface area contributed by atoms with Crippen LogP contribution >= 0.6 is 11.8 Å². The average molecular weight is 293 g/mol. The van der Waals surface area contributed by atoms with E-state index in [2.05, 4.69) is 15.3 Å². The third-order valence-corrected chi connectivity index (χ3v) is 3.84. The van der Waals surface area contributed by atoms with Crippen LogP contribution in [0.3, 0.4) is 0 Å². The second-order valence-corrected chi connectivity index (χ2v) is 5.37. The number of benzene rings is 1. The minimum absolute atomic E-state index is 0.194. The molecular formula is C14H19N3O2S. The fourth-order valence-corrected chi connectivity index (χ4v) is 2.79. The van der Waals surface area contributed by atoms with Gasteiger partial charge in [-0.3, -0.25) is 4.79 Å². The summed E-state index contributed by atoms with van der Waals surface area (Å²) < 4.78 is 5.01. The molecule has 2 aromatic rings. The second kappa shape index (κ2) is 7.31. The molecule has 1 unspecified atom stereocenters. The van der Waals surface area contributed by atoms with Crippen molar-refractivity contribution in [3.63, 3.8) is 0 Å². The molecule has 0 radical (unpaired) electrons. The molecule has 0 aliphatic rings. The molecule has 0 saturated heterocycles. The fraction of sp³-hybridized carbons (Fsp3) is 0.429. The number of aromatic amines is 1. The lowest BCUT2D eigenvalue weighted by Crippen LogP contribution is -2.36. The Morgan fingerprint density at radius 1 is 1.50 bits per heavy atom. The van der Waals surface area contributed by atoms with E-state index in [-0.39, 0.29) is 12.0 Å². The quantitative estimate of drug-likeness (QED) is 0.605. The first-order chi connectivity index (χ1) is 9.74. The third kappa shape index (κ3) is 3.74. The van der Waals surface area contributed by atoms with Crippen molar-refractivity contribution in [1.29, 1.82) is 0 Å². The zero-order chi connectivity index (χ0) is 14.4. The van der Waals surface area contributed by atoms with Crippen LogP contribution in [-0.2, 0) is 9.53 Å². The highest BCUT2D eigenvalue weighted by molar-refractivity contribution is 7.99. The molecule has 1 heterocycles. The first-order valence-electron chi connectivity index (χ1n) is 6.66. The predicted molar refractivity (Wildman–Crippen MR) is 80.9 cm³/mol. The van der Waals surface area contributed by atoms with Gasteiger partial charge in [-0.2, -0.15) is 0 Å². The Hall–Kier alpha value is -1.53. The molecule has 0 spiro atoms. The number of hydrogen-bond acceptors (Lipinski definition) is 5. The molecule has 2 N–H and O–H groups in total. The van der Waals surface area contributed by atoms with Crippen LogP contribution < -0.4 is 5.32 Å². The van der Waals surface area contributed by atoms with Gasteiger partial charge >= 0.3 is 5.97 Å². The van der Waals surface area contributed by atoms with Gasteiger partial charge in [-0.25, -0.2) is 4.98 Å². The lowest BCUT2D eigenvalue weighted by Gasteiger charge is -2.13. The largest absolute Gasteiger partial charge is 0.465 e. The lowest BCUT2D eigenvalue weighted by atomic mass is 10.2. The zero-order valence-corrected chi connectivity index (χ0v) is 12.5. The molecule has 0 fully saturated rings. The number of imidazole rings is 1. The summed E-state index contributed by atoms with van der Waals surface area (Å²) in [6.07, 6.45) is 0.705. The van der Waals surface area contributed by atoms with E-state index in [1.54, 1.807) is 18.8 Å². The van der Waals surface area contributed by atoms with E-state index in [4.69, 9.17) is 4.74 Å². The molecule has 108 valence electrons. The van der Waals surface area contributed by atoms with Crippen LogP contribution in [0.5, 0.6) is 0 Å². The Morgan fingerprint density at radius 2 is 2.30 bits per heavy atom. The first-order valence-corrected chi connectivity index (χ1v) is 7.64. The highest BCUT2D eigenvalue weighted by Gasteiger charge is 2.17. The molecule has 5 nitrogen and oxygen atoms in total. The predicted octanol–water partition coefficient (Wildman–Crippen LogP) is 2.20. The maximum absolute atomic E-state index is 11.6. The van der Waals surface area contributed by atoms with Crippen molar-refractivity contribution in [3.8, 4) is 0 Å². The number of hydrogen-bond donors (Lipinski definition) is 2. The Kier molecular flexibility index (Phi) is 5.43. The van der Waals surface area contributed by atoms with E-state index in [0.29, 0.717) is 13.0 Å². The van der Waals surface area contributed by atoms with Crippen molar-refractivity contribution >= 4 is 28.8 Å². The summed E-state index contributed by atoms with van der Waals surface area (Å²) in [6.45, 7) is 2.22. The average Bonchev–Trinajstić information content (AvgIpc) is 2.86. The van der Waals surface area contributed by atoms with E-state index < -0.39 is 0 Å². The van der Waals surface area contributed by atoms with Crippen LogP contribution in [0.15, 0.2) is 29.4 Å². The third-order valence-electron chi connectivity index (χ3n) is 2.93. The van der Waals surface area contributed by atoms with Gasteiger partial charge in [0.15, 0.2) is 5.16 Å². The molecule has 1 atom stereocenters. The molecule has 20 heavy (non-hydrogen) atoms. The van der Waals surface area contributed by atoms with Gasteiger partial charge in [0.2, 0.25) is 0 Å². The molecule has 0 saturated carbocycles. The Bertz CT molecular complexity index is 537. The van der Waals surface area contributed by atoms with Gasteiger partial charge in [0, 0.05) is 5.75 Å². The van der Waals surface area contributed by atoms with Gasteiger partial charge in [0.1, 0.15) is 6.04 Å². The first kappa shape index (κ1) is 14.9. The number of para-hydroxylation sites is 2. The molecule has 1 aromatic heterocycles. The van der Waals surface area contributed by atoms with Crippen LogP contribution in [-0.4, -0.2) is 41.4 Å². The molecule has 1 aromatic carbocycles. The zero-order valence-electron chi connectivity index (χ0n) is 11.7. The second-order valence-electron chi connectivity index (χ2n) is 4.29. The van der Waals surface area contributed by atoms with Crippen LogP contribution in [0.4, 0.5) is 0 Å². The van der Waals surface area contributed by atoms with Crippen LogP contribution in [0.25, 0.3) is 11.0 Å². The van der Waals surface area contributed by atoms with Crippen LogP contribution in [0.2, 0.25) is 0 Å². The Balaban J connectivity index is 1.86. The monoisotopic (exact) mass is 293 g/mol. The maximum Gasteiger partial charge on any atom is 0.323 e. The van der Waals surface area contributed by atoms with E-state index >= 15 is 0 Å². The molecule has 6 heteroatoms. The lowest BCUT2D eigenvalue weighted by molar-refractivity contribution is -0.145. The van der Waals surface area contributed by atoms with E-state index in [0.717, 1.165) is 21.9 Å². The van der Waals surface area contributed by atoms with Gasteiger partial charge in [0.05, 0.1) is 17.6 Å². The number of thioether (sulfide) groups is 1. The van der Waals surface area contributed by atoms with Gasteiger partial charge < -0.3 is 15.0 Å². The number of nitrogens with one attached hydrogen (secondary N) is 2. The van der Waals surface area contributed by atoms with Crippen molar-refractivity contribution in [3.05, 3.63) is 24.3 Å². The number of esters is 1. The van der Waals surface area contributed by atoms with Gasteiger partial charge in [0.25, 0.3) is 0 Å². The SMILES string of the molecule is CCOC(=O)C(CCSc1nc2ccccc2[nH]1)NC. The molecule has 0 aliphatic carbocycles. The van der Waals surface area contributed by atoms with Crippen molar-refractivity contribution in [1.82, 2.24) is 15.3 Å². The summed E-state index contributed by atoms with van der Waals surface area (Å²) in [5.41, 5.74) is 2.00. The molecule has 0 bridgehead atoms. The number of carbonyl (C=O) groups excluding carboxylic acids is 1. The van der Waals surface area contributed by atoms with E-state index in [1.807, 2.05) is 31.2 Å².